The molecule has 1 amide bonds. The van der Waals surface area contributed by atoms with Crippen molar-refractivity contribution in [2.45, 2.75) is 26.3 Å². The zero-order valence-corrected chi connectivity index (χ0v) is 13.3. The van der Waals surface area contributed by atoms with E-state index in [1.807, 2.05) is 6.92 Å². The predicted octanol–water partition coefficient (Wildman–Crippen LogP) is 3.01. The summed E-state index contributed by atoms with van der Waals surface area (Å²) < 4.78 is 5.21. The first-order chi connectivity index (χ1) is 9.99. The van der Waals surface area contributed by atoms with Gasteiger partial charge in [-0.2, -0.15) is 0 Å². The summed E-state index contributed by atoms with van der Waals surface area (Å²) in [6, 6.07) is 9.29. The van der Waals surface area contributed by atoms with Gasteiger partial charge in [-0.1, -0.05) is 0 Å². The SMILES string of the molecule is COc1cc(N)ccc1C(=O)NC(C)Cc1ccc(C)s1. The van der Waals surface area contributed by atoms with Crippen molar-refractivity contribution in [3.8, 4) is 5.75 Å². The molecule has 1 aromatic heterocycles. The molecule has 1 unspecified atom stereocenters. The van der Waals surface area contributed by atoms with Crippen LogP contribution in [0.15, 0.2) is 30.3 Å². The fraction of sp³-hybridized carbons (Fsp3) is 0.312. The maximum atomic E-state index is 12.3. The summed E-state index contributed by atoms with van der Waals surface area (Å²) in [7, 11) is 1.53. The third-order valence-electron chi connectivity index (χ3n) is 3.15. The van der Waals surface area contributed by atoms with Crippen molar-refractivity contribution in [1.29, 1.82) is 0 Å². The molecule has 0 aliphatic heterocycles. The number of nitrogen functional groups attached to an aromatic ring is 1. The number of nitrogens with two attached hydrogens (primary N) is 1. The zero-order valence-electron chi connectivity index (χ0n) is 12.5. The fourth-order valence-electron chi connectivity index (χ4n) is 2.14. The fourth-order valence-corrected chi connectivity index (χ4v) is 3.16. The molecule has 112 valence electrons. The number of nitrogens with one attached hydrogen (secondary N) is 1. The van der Waals surface area contributed by atoms with Crippen LogP contribution in [-0.2, 0) is 6.42 Å². The van der Waals surface area contributed by atoms with E-state index in [1.54, 1.807) is 29.5 Å². The third kappa shape index (κ3) is 3.98. The lowest BCUT2D eigenvalue weighted by molar-refractivity contribution is 0.0937. The molecule has 0 aliphatic rings. The number of ether oxygens (including phenoxy) is 1. The molecule has 0 radical (unpaired) electrons. The summed E-state index contributed by atoms with van der Waals surface area (Å²) in [5.41, 5.74) is 6.77. The van der Waals surface area contributed by atoms with Gasteiger partial charge in [-0.25, -0.2) is 0 Å². The Labute approximate surface area is 128 Å². The standard InChI is InChI=1S/C16H20N2O2S/c1-10(8-13-6-4-11(2)21-13)18-16(19)14-7-5-12(17)9-15(14)20-3/h4-7,9-10H,8,17H2,1-3H3,(H,18,19). The van der Waals surface area contributed by atoms with Gasteiger partial charge < -0.3 is 15.8 Å². The van der Waals surface area contributed by atoms with E-state index in [0.29, 0.717) is 17.0 Å². The molecule has 0 bridgehead atoms. The smallest absolute Gasteiger partial charge is 0.255 e. The van der Waals surface area contributed by atoms with Gasteiger partial charge >= 0.3 is 0 Å². The monoisotopic (exact) mass is 304 g/mol. The predicted molar refractivity (Wildman–Crippen MR) is 87.1 cm³/mol. The lowest BCUT2D eigenvalue weighted by Crippen LogP contribution is -2.34. The molecular formula is C16H20N2O2S. The van der Waals surface area contributed by atoms with Gasteiger partial charge in [-0.15, -0.1) is 11.3 Å². The van der Waals surface area contributed by atoms with E-state index in [-0.39, 0.29) is 11.9 Å². The molecule has 0 aliphatic carbocycles. The normalized spacial score (nSPS) is 12.0. The molecular weight excluding hydrogens is 284 g/mol. The third-order valence-corrected chi connectivity index (χ3v) is 4.17. The van der Waals surface area contributed by atoms with Gasteiger partial charge in [0.2, 0.25) is 0 Å². The molecule has 0 spiro atoms. The van der Waals surface area contributed by atoms with Crippen molar-refractivity contribution in [2.75, 3.05) is 12.8 Å². The summed E-state index contributed by atoms with van der Waals surface area (Å²) in [5, 5.41) is 3.00. The maximum absolute atomic E-state index is 12.3. The van der Waals surface area contributed by atoms with Crippen molar-refractivity contribution >= 4 is 22.9 Å². The Morgan fingerprint density at radius 2 is 2.14 bits per heavy atom. The molecule has 5 heteroatoms. The number of amides is 1. The molecule has 3 N–H and O–H groups in total. The number of benzene rings is 1. The average Bonchev–Trinajstić information content (AvgIpc) is 2.83. The minimum absolute atomic E-state index is 0.0535. The molecule has 21 heavy (non-hydrogen) atoms. The maximum Gasteiger partial charge on any atom is 0.255 e. The first-order valence-electron chi connectivity index (χ1n) is 6.79. The lowest BCUT2D eigenvalue weighted by atomic mass is 10.1. The number of hydrogen-bond donors (Lipinski definition) is 2. The molecule has 0 saturated carbocycles. The summed E-state index contributed by atoms with van der Waals surface area (Å²) in [6.07, 6.45) is 0.821. The summed E-state index contributed by atoms with van der Waals surface area (Å²) >= 11 is 1.76. The summed E-state index contributed by atoms with van der Waals surface area (Å²) in [4.78, 5) is 14.9. The Balaban J connectivity index is 2.03. The van der Waals surface area contributed by atoms with E-state index in [2.05, 4.69) is 24.4 Å². The minimum Gasteiger partial charge on any atom is -0.496 e. The van der Waals surface area contributed by atoms with Crippen LogP contribution in [-0.4, -0.2) is 19.1 Å². The first-order valence-corrected chi connectivity index (χ1v) is 7.61. The van der Waals surface area contributed by atoms with Gasteiger partial charge in [-0.05, 0) is 38.1 Å². The lowest BCUT2D eigenvalue weighted by Gasteiger charge is -2.15. The Kier molecular flexibility index (Phi) is 4.85. The van der Waals surface area contributed by atoms with E-state index in [9.17, 15) is 4.79 Å². The highest BCUT2D eigenvalue weighted by atomic mass is 32.1. The van der Waals surface area contributed by atoms with Crippen LogP contribution in [0, 0.1) is 6.92 Å². The van der Waals surface area contributed by atoms with Crippen molar-refractivity contribution in [3.63, 3.8) is 0 Å². The van der Waals surface area contributed by atoms with Gasteiger partial charge in [0, 0.05) is 34.0 Å². The number of carbonyl (C=O) groups is 1. The van der Waals surface area contributed by atoms with Gasteiger partial charge in [0.15, 0.2) is 0 Å². The molecule has 2 rings (SSSR count). The van der Waals surface area contributed by atoms with Crippen LogP contribution in [0.2, 0.25) is 0 Å². The Bertz CT molecular complexity index is 637. The van der Waals surface area contributed by atoms with Crippen LogP contribution < -0.4 is 15.8 Å². The van der Waals surface area contributed by atoms with Crippen LogP contribution in [0.25, 0.3) is 0 Å². The highest BCUT2D eigenvalue weighted by Crippen LogP contribution is 2.22. The molecule has 1 aromatic carbocycles. The van der Waals surface area contributed by atoms with Crippen molar-refractivity contribution in [1.82, 2.24) is 5.32 Å². The second-order valence-electron chi connectivity index (χ2n) is 5.05. The van der Waals surface area contributed by atoms with E-state index in [4.69, 9.17) is 10.5 Å². The molecule has 2 aromatic rings. The number of anilines is 1. The van der Waals surface area contributed by atoms with E-state index in [0.717, 1.165) is 6.42 Å². The van der Waals surface area contributed by atoms with Crippen LogP contribution in [0.1, 0.15) is 27.0 Å². The molecule has 0 saturated heterocycles. The second-order valence-corrected chi connectivity index (χ2v) is 6.42. The molecule has 1 atom stereocenters. The average molecular weight is 304 g/mol. The number of thiophene rings is 1. The Hall–Kier alpha value is -2.01. The summed E-state index contributed by atoms with van der Waals surface area (Å²) in [6.45, 7) is 4.08. The molecule has 0 fully saturated rings. The number of aryl methyl sites for hydroxylation is 1. The number of methoxy groups -OCH3 is 1. The summed E-state index contributed by atoms with van der Waals surface area (Å²) in [5.74, 6) is 0.347. The number of carbonyl (C=O) groups excluding carboxylic acids is 1. The zero-order chi connectivity index (χ0) is 15.4. The largest absolute Gasteiger partial charge is 0.496 e. The van der Waals surface area contributed by atoms with Gasteiger partial charge in [0.25, 0.3) is 5.91 Å². The van der Waals surface area contributed by atoms with Crippen molar-refractivity contribution in [3.05, 3.63) is 45.6 Å². The minimum atomic E-state index is -0.146. The van der Waals surface area contributed by atoms with Crippen molar-refractivity contribution in [2.24, 2.45) is 0 Å². The number of rotatable bonds is 5. The van der Waals surface area contributed by atoms with E-state index < -0.39 is 0 Å². The second kappa shape index (κ2) is 6.63. The van der Waals surface area contributed by atoms with Crippen molar-refractivity contribution < 1.29 is 9.53 Å². The highest BCUT2D eigenvalue weighted by molar-refractivity contribution is 7.11. The van der Waals surface area contributed by atoms with E-state index in [1.165, 1.54) is 16.9 Å². The highest BCUT2D eigenvalue weighted by Gasteiger charge is 2.15. The number of hydrogen-bond acceptors (Lipinski definition) is 4. The van der Waals surface area contributed by atoms with E-state index >= 15 is 0 Å². The van der Waals surface area contributed by atoms with Gasteiger partial charge in [-0.3, -0.25) is 4.79 Å². The van der Waals surface area contributed by atoms with Gasteiger partial charge in [0.1, 0.15) is 5.75 Å². The van der Waals surface area contributed by atoms with Crippen LogP contribution >= 0.6 is 11.3 Å². The molecule has 1 heterocycles. The Morgan fingerprint density at radius 1 is 1.38 bits per heavy atom. The van der Waals surface area contributed by atoms with Crippen LogP contribution in [0.5, 0.6) is 5.75 Å². The Morgan fingerprint density at radius 3 is 2.76 bits per heavy atom. The molecule has 4 nitrogen and oxygen atoms in total. The first kappa shape index (κ1) is 15.4. The quantitative estimate of drug-likeness (QED) is 0.835. The van der Waals surface area contributed by atoms with Gasteiger partial charge in [0.05, 0.1) is 12.7 Å². The topological polar surface area (TPSA) is 64.3 Å². The van der Waals surface area contributed by atoms with Crippen LogP contribution in [0.3, 0.4) is 0 Å². The van der Waals surface area contributed by atoms with Crippen LogP contribution in [0.4, 0.5) is 5.69 Å².